The lowest BCUT2D eigenvalue weighted by molar-refractivity contribution is 0.628. The molecule has 17 heavy (non-hydrogen) atoms. The summed E-state index contributed by atoms with van der Waals surface area (Å²) in [6.07, 6.45) is 1.35. The molecule has 0 radical (unpaired) electrons. The van der Waals surface area contributed by atoms with E-state index in [1.165, 1.54) is 24.4 Å². The van der Waals surface area contributed by atoms with E-state index in [9.17, 15) is 4.39 Å². The molecule has 0 saturated heterocycles. The van der Waals surface area contributed by atoms with Crippen molar-refractivity contribution in [2.24, 2.45) is 0 Å². The Morgan fingerprint density at radius 2 is 1.88 bits per heavy atom. The van der Waals surface area contributed by atoms with E-state index in [1.54, 1.807) is 0 Å². The Labute approximate surface area is 112 Å². The van der Waals surface area contributed by atoms with Crippen LogP contribution in [-0.2, 0) is 0 Å². The maximum Gasteiger partial charge on any atom is 0.224 e. The molecule has 0 aliphatic carbocycles. The molecule has 88 valence electrons. The molecule has 3 nitrogen and oxygen atoms in total. The summed E-state index contributed by atoms with van der Waals surface area (Å²) in [4.78, 5) is 7.57. The Kier molecular flexibility index (Phi) is 3.66. The number of nitrogens with one attached hydrogen (secondary N) is 1. The van der Waals surface area contributed by atoms with E-state index in [1.807, 2.05) is 0 Å². The van der Waals surface area contributed by atoms with Gasteiger partial charge in [-0.2, -0.15) is 4.98 Å². The van der Waals surface area contributed by atoms with Gasteiger partial charge in [0.2, 0.25) is 5.28 Å². The molecule has 0 aliphatic heterocycles. The van der Waals surface area contributed by atoms with Gasteiger partial charge in [0.1, 0.15) is 10.8 Å². The maximum absolute atomic E-state index is 13.1. The van der Waals surface area contributed by atoms with Crippen LogP contribution in [0.15, 0.2) is 24.4 Å². The molecular formula is C10H5Cl3FN3. The van der Waals surface area contributed by atoms with Crippen LogP contribution >= 0.6 is 34.8 Å². The molecule has 1 N–H and O–H groups in total. The van der Waals surface area contributed by atoms with E-state index >= 15 is 0 Å². The Balaban J connectivity index is 2.34. The summed E-state index contributed by atoms with van der Waals surface area (Å²) in [6.45, 7) is 0. The molecule has 2 aromatic rings. The SMILES string of the molecule is Fc1cc(Cl)cc(Nc2nc(Cl)ncc2Cl)c1. The molecule has 1 aromatic heterocycles. The summed E-state index contributed by atoms with van der Waals surface area (Å²) in [5.74, 6) is -0.176. The van der Waals surface area contributed by atoms with Crippen molar-refractivity contribution in [2.45, 2.75) is 0 Å². The van der Waals surface area contributed by atoms with Crippen LogP contribution in [0.2, 0.25) is 15.3 Å². The molecule has 7 heteroatoms. The van der Waals surface area contributed by atoms with Gasteiger partial charge in [0.15, 0.2) is 5.82 Å². The highest BCUT2D eigenvalue weighted by Crippen LogP contribution is 2.25. The third-order valence-electron chi connectivity index (χ3n) is 1.84. The van der Waals surface area contributed by atoms with Gasteiger partial charge in [-0.1, -0.05) is 23.2 Å². The maximum atomic E-state index is 13.1. The summed E-state index contributed by atoms with van der Waals surface area (Å²) in [6, 6.07) is 4.00. The van der Waals surface area contributed by atoms with Crippen LogP contribution < -0.4 is 5.32 Å². The molecule has 0 amide bonds. The molecule has 0 unspecified atom stereocenters. The first kappa shape index (κ1) is 12.4. The van der Waals surface area contributed by atoms with Gasteiger partial charge in [0.25, 0.3) is 0 Å². The zero-order valence-corrected chi connectivity index (χ0v) is 10.5. The number of hydrogen-bond acceptors (Lipinski definition) is 3. The zero-order valence-electron chi connectivity index (χ0n) is 8.22. The minimum absolute atomic E-state index is 0.0411. The number of anilines is 2. The fraction of sp³-hybridized carbons (Fsp3) is 0. The largest absolute Gasteiger partial charge is 0.339 e. The summed E-state index contributed by atoms with van der Waals surface area (Å²) >= 11 is 17.2. The first-order valence-electron chi connectivity index (χ1n) is 4.46. The second-order valence-electron chi connectivity index (χ2n) is 3.12. The third-order valence-corrected chi connectivity index (χ3v) is 2.52. The number of halogens is 4. The van der Waals surface area contributed by atoms with Crippen LogP contribution in [0, 0.1) is 5.82 Å². The molecule has 0 spiro atoms. The van der Waals surface area contributed by atoms with E-state index in [2.05, 4.69) is 15.3 Å². The highest BCUT2D eigenvalue weighted by molar-refractivity contribution is 6.33. The number of aromatic nitrogens is 2. The molecule has 0 aliphatic rings. The number of benzene rings is 1. The quantitative estimate of drug-likeness (QED) is 0.838. The predicted molar refractivity (Wildman–Crippen MR) is 66.7 cm³/mol. The molecule has 1 heterocycles. The van der Waals surface area contributed by atoms with Crippen molar-refractivity contribution >= 4 is 46.3 Å². The zero-order chi connectivity index (χ0) is 12.4. The molecule has 1 aromatic carbocycles. The second kappa shape index (κ2) is 5.04. The lowest BCUT2D eigenvalue weighted by Gasteiger charge is -2.07. The number of hydrogen-bond donors (Lipinski definition) is 1. The van der Waals surface area contributed by atoms with Crippen molar-refractivity contribution in [3.05, 3.63) is 45.5 Å². The van der Waals surface area contributed by atoms with Crippen molar-refractivity contribution in [3.8, 4) is 0 Å². The average Bonchev–Trinajstić information content (AvgIpc) is 2.22. The normalized spacial score (nSPS) is 10.4. The van der Waals surface area contributed by atoms with E-state index in [-0.39, 0.29) is 21.1 Å². The fourth-order valence-electron chi connectivity index (χ4n) is 1.20. The monoisotopic (exact) mass is 291 g/mol. The van der Waals surface area contributed by atoms with Crippen molar-refractivity contribution in [1.82, 2.24) is 9.97 Å². The highest BCUT2D eigenvalue weighted by Gasteiger charge is 2.06. The van der Waals surface area contributed by atoms with E-state index in [4.69, 9.17) is 34.8 Å². The van der Waals surface area contributed by atoms with Crippen molar-refractivity contribution in [1.29, 1.82) is 0 Å². The number of rotatable bonds is 2. The molecule has 0 atom stereocenters. The van der Waals surface area contributed by atoms with Gasteiger partial charge in [0, 0.05) is 10.7 Å². The van der Waals surface area contributed by atoms with Crippen molar-refractivity contribution < 1.29 is 4.39 Å². The Morgan fingerprint density at radius 1 is 1.12 bits per heavy atom. The fourth-order valence-corrected chi connectivity index (χ4v) is 1.69. The summed E-state index contributed by atoms with van der Waals surface area (Å²) < 4.78 is 13.1. The highest BCUT2D eigenvalue weighted by atomic mass is 35.5. The summed E-state index contributed by atoms with van der Waals surface area (Å²) in [5.41, 5.74) is 0.423. The van der Waals surface area contributed by atoms with E-state index < -0.39 is 5.82 Å². The standard InChI is InChI=1S/C10H5Cl3FN3/c11-5-1-6(14)3-7(2-5)16-9-8(12)4-15-10(13)17-9/h1-4H,(H,15,16,17). The Morgan fingerprint density at radius 3 is 2.59 bits per heavy atom. The van der Waals surface area contributed by atoms with Gasteiger partial charge in [-0.3, -0.25) is 0 Å². The lowest BCUT2D eigenvalue weighted by Crippen LogP contribution is -1.96. The van der Waals surface area contributed by atoms with Gasteiger partial charge in [-0.25, -0.2) is 9.37 Å². The van der Waals surface area contributed by atoms with Crippen molar-refractivity contribution in [3.63, 3.8) is 0 Å². The Bertz CT molecular complexity index is 542. The summed E-state index contributed by atoms with van der Waals surface area (Å²) in [7, 11) is 0. The first-order valence-corrected chi connectivity index (χ1v) is 5.59. The second-order valence-corrected chi connectivity index (χ2v) is 4.30. The van der Waals surface area contributed by atoms with Crippen molar-refractivity contribution in [2.75, 3.05) is 5.32 Å². The van der Waals surface area contributed by atoms with Crippen LogP contribution in [0.5, 0.6) is 0 Å². The van der Waals surface area contributed by atoms with E-state index in [0.29, 0.717) is 5.69 Å². The van der Waals surface area contributed by atoms with Crippen LogP contribution in [0.3, 0.4) is 0 Å². The van der Waals surface area contributed by atoms with Crippen LogP contribution in [-0.4, -0.2) is 9.97 Å². The third kappa shape index (κ3) is 3.19. The van der Waals surface area contributed by atoms with Gasteiger partial charge >= 0.3 is 0 Å². The molecule has 2 rings (SSSR count). The van der Waals surface area contributed by atoms with Crippen LogP contribution in [0.1, 0.15) is 0 Å². The summed E-state index contributed by atoms with van der Waals surface area (Å²) in [5, 5.41) is 3.38. The van der Waals surface area contributed by atoms with Gasteiger partial charge in [0.05, 0.1) is 6.20 Å². The molecule has 0 bridgehead atoms. The van der Waals surface area contributed by atoms with Gasteiger partial charge in [-0.15, -0.1) is 0 Å². The van der Waals surface area contributed by atoms with Crippen LogP contribution in [0.25, 0.3) is 0 Å². The lowest BCUT2D eigenvalue weighted by atomic mass is 10.3. The average molecular weight is 293 g/mol. The van der Waals surface area contributed by atoms with Gasteiger partial charge < -0.3 is 5.32 Å². The minimum Gasteiger partial charge on any atom is -0.339 e. The predicted octanol–water partition coefficient (Wildman–Crippen LogP) is 4.32. The Hall–Kier alpha value is -1.10. The van der Waals surface area contributed by atoms with Crippen LogP contribution in [0.4, 0.5) is 15.9 Å². The van der Waals surface area contributed by atoms with E-state index in [0.717, 1.165) is 0 Å². The minimum atomic E-state index is -0.462. The molecule has 0 fully saturated rings. The topological polar surface area (TPSA) is 37.8 Å². The number of nitrogens with zero attached hydrogens (tertiary/aromatic N) is 2. The molecule has 0 saturated carbocycles. The smallest absolute Gasteiger partial charge is 0.224 e. The first-order chi connectivity index (χ1) is 8.04. The molecular weight excluding hydrogens is 287 g/mol. The van der Waals surface area contributed by atoms with Gasteiger partial charge in [-0.05, 0) is 29.8 Å².